The molecule has 1 saturated heterocycles. The molecular formula is C22H25N3O4. The molecule has 7 nitrogen and oxygen atoms in total. The number of nitrogens with one attached hydrogen (secondary N) is 2. The van der Waals surface area contributed by atoms with E-state index in [1.54, 1.807) is 24.3 Å². The summed E-state index contributed by atoms with van der Waals surface area (Å²) in [6, 6.07) is 15.7. The van der Waals surface area contributed by atoms with Gasteiger partial charge in [0.1, 0.15) is 0 Å². The van der Waals surface area contributed by atoms with E-state index in [4.69, 9.17) is 4.74 Å². The van der Waals surface area contributed by atoms with Crippen LogP contribution in [-0.4, -0.2) is 35.4 Å². The van der Waals surface area contributed by atoms with Crippen LogP contribution in [0.1, 0.15) is 37.5 Å². The number of hydrogen-bond donors (Lipinski definition) is 2. The third kappa shape index (κ3) is 4.93. The molecule has 0 bridgehead atoms. The Morgan fingerprint density at radius 1 is 1.10 bits per heavy atom. The van der Waals surface area contributed by atoms with Crippen molar-refractivity contribution in [1.29, 1.82) is 0 Å². The highest BCUT2D eigenvalue weighted by Crippen LogP contribution is 2.35. The van der Waals surface area contributed by atoms with Gasteiger partial charge in [-0.15, -0.1) is 0 Å². The van der Waals surface area contributed by atoms with E-state index in [0.29, 0.717) is 17.8 Å². The number of ether oxygens (including phenoxy) is 1. The molecule has 3 amide bonds. The minimum atomic E-state index is -0.804. The molecule has 0 aliphatic carbocycles. The second kappa shape index (κ2) is 9.23. The first-order valence-corrected chi connectivity index (χ1v) is 9.66. The van der Waals surface area contributed by atoms with E-state index in [1.807, 2.05) is 37.3 Å². The van der Waals surface area contributed by atoms with Crippen molar-refractivity contribution in [2.75, 3.05) is 11.9 Å². The highest BCUT2D eigenvalue weighted by molar-refractivity contribution is 5.90. The van der Waals surface area contributed by atoms with Gasteiger partial charge >= 0.3 is 6.09 Å². The Morgan fingerprint density at radius 2 is 1.86 bits per heavy atom. The van der Waals surface area contributed by atoms with Crippen LogP contribution >= 0.6 is 0 Å². The molecule has 0 aromatic heterocycles. The van der Waals surface area contributed by atoms with Crippen molar-refractivity contribution in [2.45, 2.75) is 39.0 Å². The lowest BCUT2D eigenvalue weighted by Crippen LogP contribution is -2.46. The van der Waals surface area contributed by atoms with Gasteiger partial charge in [0.25, 0.3) is 0 Å². The molecule has 2 atom stereocenters. The lowest BCUT2D eigenvalue weighted by atomic mass is 10.00. The maximum atomic E-state index is 12.9. The molecule has 2 unspecified atom stereocenters. The summed E-state index contributed by atoms with van der Waals surface area (Å²) in [7, 11) is 0. The standard InChI is InChI=1S/C22H25N3O4/c1-3-12-23-21(27)19-20(17-10-7-11-18(13-17)24-15(2)26)29-22(28)25(19)14-16-8-5-4-6-9-16/h4-11,13,19-20H,3,12,14H2,1-2H3,(H,23,27)(H,24,26). The molecule has 1 aliphatic heterocycles. The molecule has 1 fully saturated rings. The molecule has 29 heavy (non-hydrogen) atoms. The number of amides is 3. The van der Waals surface area contributed by atoms with E-state index in [0.717, 1.165) is 12.0 Å². The van der Waals surface area contributed by atoms with Crippen LogP contribution in [0.3, 0.4) is 0 Å². The summed E-state index contributed by atoms with van der Waals surface area (Å²) in [5.74, 6) is -0.461. The SMILES string of the molecule is CCCNC(=O)C1C(c2cccc(NC(C)=O)c2)OC(=O)N1Cc1ccccc1. The van der Waals surface area contributed by atoms with E-state index in [1.165, 1.54) is 11.8 Å². The number of hydrogen-bond acceptors (Lipinski definition) is 4. The Balaban J connectivity index is 1.91. The van der Waals surface area contributed by atoms with E-state index in [2.05, 4.69) is 10.6 Å². The molecule has 152 valence electrons. The van der Waals surface area contributed by atoms with Crippen molar-refractivity contribution in [3.8, 4) is 0 Å². The van der Waals surface area contributed by atoms with Crippen LogP contribution in [0.15, 0.2) is 54.6 Å². The zero-order valence-corrected chi connectivity index (χ0v) is 16.6. The predicted octanol–water partition coefficient (Wildman–Crippen LogP) is 3.23. The average molecular weight is 395 g/mol. The highest BCUT2D eigenvalue weighted by atomic mass is 16.6. The van der Waals surface area contributed by atoms with Crippen LogP contribution in [0.4, 0.5) is 10.5 Å². The fourth-order valence-corrected chi connectivity index (χ4v) is 3.34. The van der Waals surface area contributed by atoms with Crippen LogP contribution in [0.2, 0.25) is 0 Å². The minimum Gasteiger partial charge on any atom is -0.438 e. The Kier molecular flexibility index (Phi) is 6.49. The van der Waals surface area contributed by atoms with Gasteiger partial charge in [-0.05, 0) is 29.7 Å². The highest BCUT2D eigenvalue weighted by Gasteiger charge is 2.46. The first-order chi connectivity index (χ1) is 14.0. The minimum absolute atomic E-state index is 0.200. The number of rotatable bonds is 7. The second-order valence-corrected chi connectivity index (χ2v) is 6.96. The van der Waals surface area contributed by atoms with Gasteiger partial charge in [-0.3, -0.25) is 14.5 Å². The number of carbonyl (C=O) groups is 3. The predicted molar refractivity (Wildman–Crippen MR) is 109 cm³/mol. The fraction of sp³-hybridized carbons (Fsp3) is 0.318. The number of benzene rings is 2. The van der Waals surface area contributed by atoms with E-state index >= 15 is 0 Å². The first kappa shape index (κ1) is 20.4. The summed E-state index contributed by atoms with van der Waals surface area (Å²) in [5, 5.41) is 5.59. The number of cyclic esters (lactones) is 1. The molecule has 2 aromatic carbocycles. The Bertz CT molecular complexity index is 885. The van der Waals surface area contributed by atoms with Crippen molar-refractivity contribution in [3.63, 3.8) is 0 Å². The smallest absolute Gasteiger partial charge is 0.411 e. The summed E-state index contributed by atoms with van der Waals surface area (Å²) < 4.78 is 5.62. The molecule has 1 heterocycles. The van der Waals surface area contributed by atoms with Crippen LogP contribution in [-0.2, 0) is 20.9 Å². The molecule has 0 saturated carbocycles. The molecule has 1 aliphatic rings. The Labute approximate surface area is 170 Å². The maximum Gasteiger partial charge on any atom is 0.411 e. The van der Waals surface area contributed by atoms with Gasteiger partial charge in [0.05, 0.1) is 6.54 Å². The Hall–Kier alpha value is -3.35. The summed E-state index contributed by atoms with van der Waals surface area (Å²) in [4.78, 5) is 38.4. The zero-order chi connectivity index (χ0) is 20.8. The number of carbonyl (C=O) groups excluding carboxylic acids is 3. The summed E-state index contributed by atoms with van der Waals surface area (Å²) in [6.07, 6.45) is -0.522. The number of nitrogens with zero attached hydrogens (tertiary/aromatic N) is 1. The van der Waals surface area contributed by atoms with Gasteiger partial charge in [-0.25, -0.2) is 4.79 Å². The van der Waals surface area contributed by atoms with E-state index < -0.39 is 18.2 Å². The van der Waals surface area contributed by atoms with E-state index in [-0.39, 0.29) is 18.4 Å². The molecule has 0 spiro atoms. The summed E-state index contributed by atoms with van der Waals surface area (Å²) in [6.45, 7) is 4.17. The van der Waals surface area contributed by atoms with Gasteiger partial charge < -0.3 is 15.4 Å². The van der Waals surface area contributed by atoms with Gasteiger partial charge in [-0.1, -0.05) is 49.4 Å². The largest absolute Gasteiger partial charge is 0.438 e. The fourth-order valence-electron chi connectivity index (χ4n) is 3.34. The average Bonchev–Trinajstić information content (AvgIpc) is 3.03. The topological polar surface area (TPSA) is 87.7 Å². The molecule has 3 rings (SSSR count). The van der Waals surface area contributed by atoms with Crippen molar-refractivity contribution >= 4 is 23.6 Å². The van der Waals surface area contributed by atoms with Crippen molar-refractivity contribution in [3.05, 3.63) is 65.7 Å². The van der Waals surface area contributed by atoms with Crippen LogP contribution < -0.4 is 10.6 Å². The van der Waals surface area contributed by atoms with Crippen LogP contribution in [0, 0.1) is 0 Å². The van der Waals surface area contributed by atoms with Crippen LogP contribution in [0.25, 0.3) is 0 Å². The Morgan fingerprint density at radius 3 is 2.55 bits per heavy atom. The molecular weight excluding hydrogens is 370 g/mol. The van der Waals surface area contributed by atoms with Crippen molar-refractivity contribution in [1.82, 2.24) is 10.2 Å². The molecule has 2 aromatic rings. The van der Waals surface area contributed by atoms with Crippen LogP contribution in [0.5, 0.6) is 0 Å². The third-order valence-corrected chi connectivity index (χ3v) is 4.63. The molecule has 7 heteroatoms. The summed E-state index contributed by atoms with van der Waals surface area (Å²) in [5.41, 5.74) is 2.14. The lowest BCUT2D eigenvalue weighted by molar-refractivity contribution is -0.126. The second-order valence-electron chi connectivity index (χ2n) is 6.96. The first-order valence-electron chi connectivity index (χ1n) is 9.66. The normalized spacial score (nSPS) is 18.3. The van der Waals surface area contributed by atoms with Crippen molar-refractivity contribution < 1.29 is 19.1 Å². The molecule has 2 N–H and O–H groups in total. The van der Waals surface area contributed by atoms with Gasteiger partial charge in [0.2, 0.25) is 11.8 Å². The van der Waals surface area contributed by atoms with E-state index in [9.17, 15) is 14.4 Å². The third-order valence-electron chi connectivity index (χ3n) is 4.63. The van der Waals surface area contributed by atoms with Crippen molar-refractivity contribution in [2.24, 2.45) is 0 Å². The van der Waals surface area contributed by atoms with Gasteiger partial charge in [-0.2, -0.15) is 0 Å². The molecule has 0 radical (unpaired) electrons. The lowest BCUT2D eigenvalue weighted by Gasteiger charge is -2.24. The van der Waals surface area contributed by atoms with Gasteiger partial charge in [0.15, 0.2) is 12.1 Å². The monoisotopic (exact) mass is 395 g/mol. The maximum absolute atomic E-state index is 12.9. The zero-order valence-electron chi connectivity index (χ0n) is 16.6. The quantitative estimate of drug-likeness (QED) is 0.753. The summed E-state index contributed by atoms with van der Waals surface area (Å²) >= 11 is 0. The number of anilines is 1. The van der Waals surface area contributed by atoms with Gasteiger partial charge in [0, 0.05) is 19.2 Å².